The van der Waals surface area contributed by atoms with Crippen LogP contribution in [0.4, 0.5) is 17.1 Å². The van der Waals surface area contributed by atoms with Crippen molar-refractivity contribution in [1.82, 2.24) is 10.2 Å². The van der Waals surface area contributed by atoms with Crippen LogP contribution in [-0.4, -0.2) is 56.0 Å². The van der Waals surface area contributed by atoms with E-state index in [4.69, 9.17) is 0 Å². The summed E-state index contributed by atoms with van der Waals surface area (Å²) in [6.07, 6.45) is 4.35. The highest BCUT2D eigenvalue weighted by Gasteiger charge is 2.29. The second-order valence-electron chi connectivity index (χ2n) is 11.0. The van der Waals surface area contributed by atoms with Crippen molar-refractivity contribution in [2.45, 2.75) is 31.7 Å². The number of amides is 2. The predicted octanol–water partition coefficient (Wildman–Crippen LogP) is 4.78. The Kier molecular flexibility index (Phi) is 7.75. The van der Waals surface area contributed by atoms with E-state index in [1.165, 1.54) is 5.69 Å². The Labute approximate surface area is 241 Å². The van der Waals surface area contributed by atoms with Crippen LogP contribution in [0.3, 0.4) is 0 Å². The van der Waals surface area contributed by atoms with Gasteiger partial charge >= 0.3 is 0 Å². The zero-order valence-corrected chi connectivity index (χ0v) is 23.4. The van der Waals surface area contributed by atoms with Gasteiger partial charge in [0, 0.05) is 60.6 Å². The predicted molar refractivity (Wildman–Crippen MR) is 165 cm³/mol. The van der Waals surface area contributed by atoms with Gasteiger partial charge in [-0.1, -0.05) is 55.2 Å². The van der Waals surface area contributed by atoms with Gasteiger partial charge in [0.1, 0.15) is 0 Å². The van der Waals surface area contributed by atoms with Gasteiger partial charge in [-0.3, -0.25) is 9.59 Å². The standard InChI is InChI=1S/C34H35N5O2/c1-38-19-21-39(22-20-38)28-15-13-27(14-16-28)36-33(25-7-3-2-4-8-25)32-29-17-11-24(23-30(29)37-34(32)41)12-18-31(40)35-26-9-5-6-10-26/h2-4,7-8,11,13-17,23,26,36H,5-6,9-10,19-22H2,1H3,(H,35,40)(H,37,41). The fraction of sp³-hybridized carbons (Fsp3) is 0.294. The van der Waals surface area contributed by atoms with Crippen molar-refractivity contribution in [3.8, 4) is 11.8 Å². The van der Waals surface area contributed by atoms with Crippen LogP contribution in [0.2, 0.25) is 0 Å². The van der Waals surface area contributed by atoms with E-state index >= 15 is 0 Å². The zero-order chi connectivity index (χ0) is 28.2. The molecule has 3 N–H and O–H groups in total. The highest BCUT2D eigenvalue weighted by molar-refractivity contribution is 6.37. The van der Waals surface area contributed by atoms with E-state index in [9.17, 15) is 9.59 Å². The Morgan fingerprint density at radius 1 is 0.927 bits per heavy atom. The lowest BCUT2D eigenvalue weighted by Crippen LogP contribution is -2.44. The summed E-state index contributed by atoms with van der Waals surface area (Å²) >= 11 is 0. The fourth-order valence-electron chi connectivity index (χ4n) is 5.77. The van der Waals surface area contributed by atoms with Crippen LogP contribution >= 0.6 is 0 Å². The number of piperazine rings is 1. The lowest BCUT2D eigenvalue weighted by Gasteiger charge is -2.34. The van der Waals surface area contributed by atoms with E-state index in [1.54, 1.807) is 0 Å². The molecule has 7 heteroatoms. The maximum atomic E-state index is 13.4. The van der Waals surface area contributed by atoms with Gasteiger partial charge in [-0.05, 0) is 61.9 Å². The first-order valence-electron chi connectivity index (χ1n) is 14.4. The van der Waals surface area contributed by atoms with Crippen LogP contribution < -0.4 is 20.9 Å². The minimum Gasteiger partial charge on any atom is -0.369 e. The summed E-state index contributed by atoms with van der Waals surface area (Å²) in [5.74, 6) is 5.24. The number of carbonyl (C=O) groups is 2. The number of benzene rings is 3. The third-order valence-corrected chi connectivity index (χ3v) is 8.09. The average molecular weight is 546 g/mol. The van der Waals surface area contributed by atoms with E-state index in [2.05, 4.69) is 68.9 Å². The first-order valence-corrected chi connectivity index (χ1v) is 14.4. The van der Waals surface area contributed by atoms with E-state index in [0.717, 1.165) is 74.4 Å². The third kappa shape index (κ3) is 6.13. The molecule has 41 heavy (non-hydrogen) atoms. The maximum Gasteiger partial charge on any atom is 0.296 e. The summed E-state index contributed by atoms with van der Waals surface area (Å²) in [6, 6.07) is 24.2. The smallest absolute Gasteiger partial charge is 0.296 e. The van der Waals surface area contributed by atoms with Crippen molar-refractivity contribution in [3.63, 3.8) is 0 Å². The van der Waals surface area contributed by atoms with Crippen LogP contribution in [0.25, 0.3) is 11.3 Å². The molecule has 208 valence electrons. The molecule has 0 radical (unpaired) electrons. The molecule has 2 amide bonds. The minimum atomic E-state index is -0.253. The van der Waals surface area contributed by atoms with Gasteiger partial charge in [-0.2, -0.15) is 0 Å². The Balaban J connectivity index is 1.27. The molecule has 7 nitrogen and oxygen atoms in total. The van der Waals surface area contributed by atoms with Gasteiger partial charge in [0.05, 0.1) is 17.0 Å². The van der Waals surface area contributed by atoms with Crippen molar-refractivity contribution >= 4 is 40.1 Å². The number of likely N-dealkylation sites (N-methyl/N-ethyl adjacent to an activating group) is 1. The van der Waals surface area contributed by atoms with Gasteiger partial charge < -0.3 is 25.8 Å². The monoisotopic (exact) mass is 545 g/mol. The Hall–Kier alpha value is -4.54. The lowest BCUT2D eigenvalue weighted by atomic mass is 9.99. The molecule has 0 atom stereocenters. The van der Waals surface area contributed by atoms with E-state index in [0.29, 0.717) is 16.8 Å². The number of carbonyl (C=O) groups excluding carboxylic acids is 2. The topological polar surface area (TPSA) is 76.7 Å². The van der Waals surface area contributed by atoms with E-state index in [-0.39, 0.29) is 17.9 Å². The first-order chi connectivity index (χ1) is 20.0. The number of anilines is 3. The number of rotatable bonds is 5. The molecule has 0 bridgehead atoms. The summed E-state index contributed by atoms with van der Waals surface area (Å²) in [6.45, 7) is 4.13. The molecule has 6 rings (SSSR count). The molecule has 0 aromatic heterocycles. The molecular weight excluding hydrogens is 510 g/mol. The second kappa shape index (κ2) is 11.9. The van der Waals surface area contributed by atoms with Crippen LogP contribution in [0.5, 0.6) is 0 Å². The summed E-state index contributed by atoms with van der Waals surface area (Å²) < 4.78 is 0. The van der Waals surface area contributed by atoms with Crippen LogP contribution in [0.1, 0.15) is 42.4 Å². The van der Waals surface area contributed by atoms with Gasteiger partial charge in [-0.15, -0.1) is 0 Å². The summed E-state index contributed by atoms with van der Waals surface area (Å²) in [4.78, 5) is 30.4. The van der Waals surface area contributed by atoms with E-state index in [1.807, 2.05) is 48.5 Å². The molecule has 2 aliphatic heterocycles. The molecule has 1 saturated heterocycles. The molecule has 2 fully saturated rings. The third-order valence-electron chi connectivity index (χ3n) is 8.09. The normalized spacial score (nSPS) is 18.3. The SMILES string of the molecule is CN1CCN(c2ccc(NC(=C3C(=O)Nc4cc(C#CC(=O)NC5CCCC5)ccc43)c3ccccc3)cc2)CC1. The zero-order valence-electron chi connectivity index (χ0n) is 23.4. The van der Waals surface area contributed by atoms with Crippen molar-refractivity contribution < 1.29 is 9.59 Å². The number of nitrogens with zero attached hydrogens (tertiary/aromatic N) is 2. The van der Waals surface area contributed by atoms with Gasteiger partial charge in [0.25, 0.3) is 11.8 Å². The fourth-order valence-corrected chi connectivity index (χ4v) is 5.77. The number of hydrogen-bond acceptors (Lipinski definition) is 5. The maximum absolute atomic E-state index is 13.4. The average Bonchev–Trinajstić information content (AvgIpc) is 3.62. The Bertz CT molecular complexity index is 1520. The molecule has 3 aliphatic rings. The first kappa shape index (κ1) is 26.7. The molecule has 0 unspecified atom stereocenters. The summed E-state index contributed by atoms with van der Waals surface area (Å²) in [5.41, 5.74) is 6.52. The second-order valence-corrected chi connectivity index (χ2v) is 11.0. The van der Waals surface area contributed by atoms with E-state index < -0.39 is 0 Å². The van der Waals surface area contributed by atoms with Crippen molar-refractivity contribution in [2.24, 2.45) is 0 Å². The Morgan fingerprint density at radius 3 is 2.39 bits per heavy atom. The highest BCUT2D eigenvalue weighted by atomic mass is 16.2. The van der Waals surface area contributed by atoms with Crippen molar-refractivity contribution in [1.29, 1.82) is 0 Å². The van der Waals surface area contributed by atoms with Crippen LogP contribution in [0.15, 0.2) is 72.8 Å². The lowest BCUT2D eigenvalue weighted by molar-refractivity contribution is -0.116. The molecule has 3 aromatic rings. The summed E-state index contributed by atoms with van der Waals surface area (Å²) in [5, 5.41) is 9.55. The van der Waals surface area contributed by atoms with Gasteiger partial charge in [0.2, 0.25) is 0 Å². The molecule has 0 spiro atoms. The van der Waals surface area contributed by atoms with Crippen LogP contribution in [-0.2, 0) is 9.59 Å². The largest absolute Gasteiger partial charge is 0.369 e. The van der Waals surface area contributed by atoms with Gasteiger partial charge in [-0.25, -0.2) is 0 Å². The molecule has 3 aromatic carbocycles. The molecular formula is C34H35N5O2. The summed E-state index contributed by atoms with van der Waals surface area (Å²) in [7, 11) is 2.16. The molecule has 1 saturated carbocycles. The van der Waals surface area contributed by atoms with Gasteiger partial charge in [0.15, 0.2) is 0 Å². The number of nitrogens with one attached hydrogen (secondary N) is 3. The van der Waals surface area contributed by atoms with Crippen molar-refractivity contribution in [3.05, 3.63) is 89.5 Å². The molecule has 2 heterocycles. The van der Waals surface area contributed by atoms with Crippen molar-refractivity contribution in [2.75, 3.05) is 48.8 Å². The number of fused-ring (bicyclic) bond motifs is 1. The van der Waals surface area contributed by atoms with Crippen LogP contribution in [0, 0.1) is 11.8 Å². The molecule has 1 aliphatic carbocycles. The highest BCUT2D eigenvalue weighted by Crippen LogP contribution is 2.38. The Morgan fingerprint density at radius 2 is 1.66 bits per heavy atom. The quantitative estimate of drug-likeness (QED) is 0.318. The minimum absolute atomic E-state index is 0.176. The number of hydrogen-bond donors (Lipinski definition) is 3.